The second-order valence-electron chi connectivity index (χ2n) is 4.98. The van der Waals surface area contributed by atoms with E-state index in [2.05, 4.69) is 32.0 Å². The number of nitrogens with zero attached hydrogens (tertiary/aromatic N) is 1. The third-order valence-corrected chi connectivity index (χ3v) is 4.84. The fourth-order valence-electron chi connectivity index (χ4n) is 2.29. The van der Waals surface area contributed by atoms with Crippen LogP contribution in [-0.2, 0) is 6.42 Å². The summed E-state index contributed by atoms with van der Waals surface area (Å²) in [6, 6.07) is 7.99. The lowest BCUT2D eigenvalue weighted by Crippen LogP contribution is -2.03. The van der Waals surface area contributed by atoms with Crippen molar-refractivity contribution in [1.29, 1.82) is 0 Å². The first kappa shape index (κ1) is 13.8. The summed E-state index contributed by atoms with van der Waals surface area (Å²) < 4.78 is 6.96. The Bertz CT molecular complexity index is 695. The van der Waals surface area contributed by atoms with Gasteiger partial charge in [0.25, 0.3) is 0 Å². The van der Waals surface area contributed by atoms with Crippen LogP contribution in [0.15, 0.2) is 28.7 Å². The molecule has 104 valence electrons. The maximum absolute atomic E-state index is 5.38. The van der Waals surface area contributed by atoms with Crippen LogP contribution in [0.25, 0.3) is 0 Å². The van der Waals surface area contributed by atoms with Gasteiger partial charge < -0.3 is 9.72 Å². The van der Waals surface area contributed by atoms with Crippen molar-refractivity contribution in [2.75, 3.05) is 7.11 Å². The Labute approximate surface area is 131 Å². The normalized spacial score (nSPS) is 14.3. The predicted octanol–water partition coefficient (Wildman–Crippen LogP) is 4.38. The van der Waals surface area contributed by atoms with Crippen LogP contribution in [0.4, 0.5) is 0 Å². The number of aromatic amines is 1. The number of ether oxygens (including phenoxy) is 1. The number of halogens is 1. The molecule has 1 heterocycles. The number of methoxy groups -OCH3 is 1. The van der Waals surface area contributed by atoms with Crippen LogP contribution in [0.3, 0.4) is 0 Å². The molecule has 0 amide bonds. The van der Waals surface area contributed by atoms with Gasteiger partial charge in [0, 0.05) is 23.6 Å². The molecule has 3 rings (SSSR count). The van der Waals surface area contributed by atoms with Crippen LogP contribution in [0.2, 0.25) is 0 Å². The van der Waals surface area contributed by atoms with E-state index in [0.29, 0.717) is 17.0 Å². The predicted molar refractivity (Wildman–Crippen MR) is 84.9 cm³/mol. The van der Waals surface area contributed by atoms with Crippen molar-refractivity contribution in [2.45, 2.75) is 25.2 Å². The third-order valence-electron chi connectivity index (χ3n) is 3.48. The molecule has 0 bridgehead atoms. The Morgan fingerprint density at radius 1 is 1.40 bits per heavy atom. The molecule has 0 saturated heterocycles. The Morgan fingerprint density at radius 3 is 2.85 bits per heavy atom. The summed E-state index contributed by atoms with van der Waals surface area (Å²) in [6.45, 7) is 0. The first-order chi connectivity index (χ1) is 9.69. The zero-order valence-electron chi connectivity index (χ0n) is 11.1. The quantitative estimate of drug-likeness (QED) is 0.831. The minimum atomic E-state index is 0.602. The molecule has 1 aliphatic carbocycles. The zero-order chi connectivity index (χ0) is 14.1. The molecule has 1 fully saturated rings. The summed E-state index contributed by atoms with van der Waals surface area (Å²) in [5.74, 6) is 2.37. The first-order valence-corrected chi connectivity index (χ1v) is 7.79. The van der Waals surface area contributed by atoms with Crippen LogP contribution < -0.4 is 4.74 Å². The highest BCUT2D eigenvalue weighted by molar-refractivity contribution is 9.10. The number of hydrogen-bond acceptors (Lipinski definition) is 3. The van der Waals surface area contributed by atoms with Crippen molar-refractivity contribution in [3.05, 3.63) is 50.5 Å². The monoisotopic (exact) mass is 350 g/mol. The van der Waals surface area contributed by atoms with E-state index >= 15 is 0 Å². The fraction of sp³-hybridized carbons (Fsp3) is 0.333. The molecule has 1 N–H and O–H groups in total. The minimum absolute atomic E-state index is 0.602. The van der Waals surface area contributed by atoms with E-state index in [4.69, 9.17) is 17.0 Å². The van der Waals surface area contributed by atoms with Crippen LogP contribution in [0.5, 0.6) is 5.75 Å². The summed E-state index contributed by atoms with van der Waals surface area (Å²) in [5.41, 5.74) is 2.30. The summed E-state index contributed by atoms with van der Waals surface area (Å²) >= 11 is 8.89. The topological polar surface area (TPSA) is 37.9 Å². The molecule has 0 aliphatic heterocycles. The van der Waals surface area contributed by atoms with E-state index in [1.165, 1.54) is 18.5 Å². The van der Waals surface area contributed by atoms with Crippen LogP contribution in [-0.4, -0.2) is 17.1 Å². The number of rotatable bonds is 4. The number of nitrogens with one attached hydrogen (secondary N) is 1. The Morgan fingerprint density at radius 2 is 2.15 bits per heavy atom. The molecule has 1 aromatic carbocycles. The maximum atomic E-state index is 5.38. The molecule has 3 nitrogen and oxygen atoms in total. The number of para-hydroxylation sites is 1. The van der Waals surface area contributed by atoms with E-state index in [-0.39, 0.29) is 0 Å². The average Bonchev–Trinajstić information content (AvgIpc) is 3.28. The Kier molecular flexibility index (Phi) is 3.89. The highest BCUT2D eigenvalue weighted by Crippen LogP contribution is 2.42. The Hall–Kier alpha value is -1.20. The highest BCUT2D eigenvalue weighted by atomic mass is 79.9. The molecular formula is C15H15BrN2OS. The minimum Gasteiger partial charge on any atom is -0.496 e. The van der Waals surface area contributed by atoms with E-state index < -0.39 is 0 Å². The number of H-pyrrole nitrogens is 1. The number of aromatic nitrogens is 2. The number of hydrogen-bond donors (Lipinski definition) is 1. The SMILES string of the molecule is COc1ccccc1Cc1nc(=S)c(Br)c(C2CC2)[nH]1. The fourth-order valence-corrected chi connectivity index (χ4v) is 3.02. The van der Waals surface area contributed by atoms with Crippen molar-refractivity contribution in [1.82, 2.24) is 9.97 Å². The maximum Gasteiger partial charge on any atom is 0.144 e. The average molecular weight is 351 g/mol. The number of benzene rings is 1. The van der Waals surface area contributed by atoms with Gasteiger partial charge in [-0.25, -0.2) is 4.98 Å². The Balaban J connectivity index is 1.96. The lowest BCUT2D eigenvalue weighted by molar-refractivity contribution is 0.410. The molecular weight excluding hydrogens is 336 g/mol. The van der Waals surface area contributed by atoms with Crippen LogP contribution in [0.1, 0.15) is 35.8 Å². The van der Waals surface area contributed by atoms with E-state index in [0.717, 1.165) is 21.6 Å². The highest BCUT2D eigenvalue weighted by Gasteiger charge is 2.27. The molecule has 1 aliphatic rings. The van der Waals surface area contributed by atoms with E-state index in [1.54, 1.807) is 7.11 Å². The molecule has 5 heteroatoms. The van der Waals surface area contributed by atoms with Crippen LogP contribution in [0, 0.1) is 4.64 Å². The molecule has 0 atom stereocenters. The summed E-state index contributed by atoms with van der Waals surface area (Å²) in [5, 5.41) is 0. The second kappa shape index (κ2) is 5.66. The van der Waals surface area contributed by atoms with Gasteiger partial charge in [-0.15, -0.1) is 0 Å². The molecule has 0 unspecified atom stereocenters. The van der Waals surface area contributed by atoms with Gasteiger partial charge in [-0.1, -0.05) is 30.4 Å². The summed E-state index contributed by atoms with van der Waals surface area (Å²) in [4.78, 5) is 7.91. The van der Waals surface area contributed by atoms with Gasteiger partial charge in [-0.3, -0.25) is 0 Å². The van der Waals surface area contributed by atoms with Crippen LogP contribution >= 0.6 is 28.1 Å². The zero-order valence-corrected chi connectivity index (χ0v) is 13.6. The van der Waals surface area contributed by atoms with Gasteiger partial charge in [-0.2, -0.15) is 0 Å². The molecule has 2 aromatic rings. The standard InChI is InChI=1S/C15H15BrN2OS/c1-19-11-5-3-2-4-10(11)8-12-17-14(9-6-7-9)13(16)15(20)18-12/h2-5,9H,6-8H2,1H3,(H,17,18,20). The van der Waals surface area contributed by atoms with E-state index in [9.17, 15) is 0 Å². The van der Waals surface area contributed by atoms with Gasteiger partial charge in [0.2, 0.25) is 0 Å². The molecule has 0 radical (unpaired) electrons. The summed E-state index contributed by atoms with van der Waals surface area (Å²) in [7, 11) is 1.69. The van der Waals surface area contributed by atoms with Gasteiger partial charge >= 0.3 is 0 Å². The lowest BCUT2D eigenvalue weighted by Gasteiger charge is -2.10. The first-order valence-electron chi connectivity index (χ1n) is 6.59. The largest absolute Gasteiger partial charge is 0.496 e. The van der Waals surface area contributed by atoms with Crippen molar-refractivity contribution >= 4 is 28.1 Å². The second-order valence-corrected chi connectivity index (χ2v) is 6.16. The van der Waals surface area contributed by atoms with Gasteiger partial charge in [-0.05, 0) is 34.8 Å². The van der Waals surface area contributed by atoms with Crippen molar-refractivity contribution in [3.63, 3.8) is 0 Å². The van der Waals surface area contributed by atoms with Gasteiger partial charge in [0.15, 0.2) is 0 Å². The van der Waals surface area contributed by atoms with Gasteiger partial charge in [0.1, 0.15) is 16.2 Å². The van der Waals surface area contributed by atoms with Crippen molar-refractivity contribution in [3.8, 4) is 5.75 Å². The van der Waals surface area contributed by atoms with E-state index in [1.807, 2.05) is 18.2 Å². The molecule has 1 aromatic heterocycles. The molecule has 0 spiro atoms. The third kappa shape index (κ3) is 2.79. The molecule has 20 heavy (non-hydrogen) atoms. The summed E-state index contributed by atoms with van der Waals surface area (Å²) in [6.07, 6.45) is 3.14. The molecule has 1 saturated carbocycles. The van der Waals surface area contributed by atoms with Crippen molar-refractivity contribution in [2.24, 2.45) is 0 Å². The lowest BCUT2D eigenvalue weighted by atomic mass is 10.1. The van der Waals surface area contributed by atoms with Gasteiger partial charge in [0.05, 0.1) is 11.6 Å². The van der Waals surface area contributed by atoms with Crippen molar-refractivity contribution < 1.29 is 4.74 Å². The smallest absolute Gasteiger partial charge is 0.144 e.